The van der Waals surface area contributed by atoms with Crippen LogP contribution in [-0.2, 0) is 30.4 Å². The molecule has 9 N–H and O–H groups in total. The molecule has 6 atom stereocenters. The van der Waals surface area contributed by atoms with Gasteiger partial charge in [0.05, 0.1) is 12.1 Å². The Balaban J connectivity index is 2.98. The predicted molar refractivity (Wildman–Crippen MR) is 131 cm³/mol. The third-order valence-corrected chi connectivity index (χ3v) is 5.79. The van der Waals surface area contributed by atoms with Crippen LogP contribution in [0, 0.1) is 5.92 Å². The number of carboxylic acids is 1. The Morgan fingerprint density at radius 2 is 1.50 bits per heavy atom. The van der Waals surface area contributed by atoms with E-state index in [9.17, 15) is 34.2 Å². The number of benzene rings is 1. The first-order valence-electron chi connectivity index (χ1n) is 11.8. The molecule has 4 amide bonds. The summed E-state index contributed by atoms with van der Waals surface area (Å²) >= 11 is 0. The maximum atomic E-state index is 13.0. The second-order valence-corrected chi connectivity index (χ2v) is 8.80. The Kier molecular flexibility index (Phi) is 12.5. The number of rotatable bonds is 15. The summed E-state index contributed by atoms with van der Waals surface area (Å²) in [6, 6.07) is 3.94. The fourth-order valence-corrected chi connectivity index (χ4v) is 3.38. The molecule has 1 rings (SSSR count). The van der Waals surface area contributed by atoms with Gasteiger partial charge in [0, 0.05) is 6.42 Å². The molecule has 200 valence electrons. The zero-order chi connectivity index (χ0) is 27.4. The largest absolute Gasteiger partial charge is 0.480 e. The number of hydrogen-bond acceptors (Lipinski definition) is 7. The van der Waals surface area contributed by atoms with Crippen molar-refractivity contribution in [2.24, 2.45) is 17.4 Å². The van der Waals surface area contributed by atoms with E-state index in [1.807, 2.05) is 6.07 Å². The summed E-state index contributed by atoms with van der Waals surface area (Å²) in [5, 5.41) is 26.7. The van der Waals surface area contributed by atoms with Gasteiger partial charge in [-0.2, -0.15) is 0 Å². The topological polar surface area (TPSA) is 214 Å². The van der Waals surface area contributed by atoms with Gasteiger partial charge in [0.2, 0.25) is 23.6 Å². The van der Waals surface area contributed by atoms with Gasteiger partial charge in [-0.25, -0.2) is 4.79 Å². The number of carboxylic acid groups (broad SMARTS) is 1. The average Bonchev–Trinajstić information content (AvgIpc) is 2.82. The van der Waals surface area contributed by atoms with Crippen molar-refractivity contribution in [1.29, 1.82) is 0 Å². The number of aliphatic hydroxyl groups excluding tert-OH is 1. The van der Waals surface area contributed by atoms with Crippen LogP contribution in [0.25, 0.3) is 0 Å². The number of primary amides is 1. The number of amides is 4. The van der Waals surface area contributed by atoms with Crippen LogP contribution in [0.2, 0.25) is 0 Å². The van der Waals surface area contributed by atoms with Gasteiger partial charge in [0.1, 0.15) is 18.1 Å². The maximum absolute atomic E-state index is 13.0. The second-order valence-electron chi connectivity index (χ2n) is 8.80. The lowest BCUT2D eigenvalue weighted by Crippen LogP contribution is -2.60. The van der Waals surface area contributed by atoms with E-state index in [-0.39, 0.29) is 19.3 Å². The first-order valence-corrected chi connectivity index (χ1v) is 11.8. The molecular formula is C24H37N5O7. The highest BCUT2D eigenvalue weighted by molar-refractivity contribution is 5.94. The third kappa shape index (κ3) is 10.0. The third-order valence-electron chi connectivity index (χ3n) is 5.79. The van der Waals surface area contributed by atoms with Crippen molar-refractivity contribution in [1.82, 2.24) is 16.0 Å². The summed E-state index contributed by atoms with van der Waals surface area (Å²) < 4.78 is 0. The van der Waals surface area contributed by atoms with Gasteiger partial charge in [0.15, 0.2) is 0 Å². The van der Waals surface area contributed by atoms with Crippen LogP contribution in [0.1, 0.15) is 45.6 Å². The van der Waals surface area contributed by atoms with Crippen molar-refractivity contribution in [3.05, 3.63) is 35.9 Å². The van der Waals surface area contributed by atoms with Crippen molar-refractivity contribution in [2.75, 3.05) is 0 Å². The standard InChI is InChI=1S/C24H37N5O7/c1-4-13(2)19(24(35)36)28-23(34)20(14(3)30)29-22(33)17(10-11-18(26)31)27-21(32)16(25)12-15-8-6-5-7-9-15/h5-9,13-14,16-17,19-20,30H,4,10-12,25H2,1-3H3,(H2,26,31)(H,27,32)(H,28,34)(H,29,33)(H,35,36). The van der Waals surface area contributed by atoms with Crippen molar-refractivity contribution in [3.63, 3.8) is 0 Å². The van der Waals surface area contributed by atoms with Gasteiger partial charge < -0.3 is 37.6 Å². The van der Waals surface area contributed by atoms with Gasteiger partial charge >= 0.3 is 5.97 Å². The van der Waals surface area contributed by atoms with Crippen LogP contribution in [-0.4, -0.2) is 70.1 Å². The van der Waals surface area contributed by atoms with Crippen molar-refractivity contribution in [3.8, 4) is 0 Å². The molecule has 0 saturated heterocycles. The molecule has 12 heteroatoms. The normalized spacial score (nSPS) is 15.9. The minimum Gasteiger partial charge on any atom is -0.480 e. The van der Waals surface area contributed by atoms with Crippen molar-refractivity contribution >= 4 is 29.6 Å². The Morgan fingerprint density at radius 1 is 0.917 bits per heavy atom. The summed E-state index contributed by atoms with van der Waals surface area (Å²) in [6.45, 7) is 4.65. The first kappa shape index (κ1) is 30.5. The Labute approximate surface area is 210 Å². The molecule has 0 saturated carbocycles. The molecule has 12 nitrogen and oxygen atoms in total. The fraction of sp³-hybridized carbons (Fsp3) is 0.542. The van der Waals surface area contributed by atoms with E-state index in [1.54, 1.807) is 38.1 Å². The molecule has 0 aliphatic rings. The van der Waals surface area contributed by atoms with E-state index in [0.717, 1.165) is 5.56 Å². The van der Waals surface area contributed by atoms with E-state index in [0.29, 0.717) is 6.42 Å². The molecule has 0 fully saturated rings. The van der Waals surface area contributed by atoms with E-state index in [4.69, 9.17) is 11.5 Å². The minimum atomic E-state index is -1.52. The smallest absolute Gasteiger partial charge is 0.326 e. The van der Waals surface area contributed by atoms with Gasteiger partial charge in [-0.05, 0) is 31.2 Å². The van der Waals surface area contributed by atoms with Gasteiger partial charge in [-0.15, -0.1) is 0 Å². The number of nitrogens with two attached hydrogens (primary N) is 2. The molecular weight excluding hydrogens is 470 g/mol. The number of nitrogens with one attached hydrogen (secondary N) is 3. The molecule has 0 aliphatic heterocycles. The fourth-order valence-electron chi connectivity index (χ4n) is 3.38. The van der Waals surface area contributed by atoms with E-state index < -0.39 is 65.8 Å². The van der Waals surface area contributed by atoms with Crippen molar-refractivity contribution < 1.29 is 34.2 Å². The van der Waals surface area contributed by atoms with E-state index in [1.165, 1.54) is 6.92 Å². The molecule has 0 radical (unpaired) electrons. The summed E-state index contributed by atoms with van der Waals surface area (Å²) in [5.41, 5.74) is 12.0. The quantitative estimate of drug-likeness (QED) is 0.152. The Hall–Kier alpha value is -3.51. The lowest BCUT2D eigenvalue weighted by atomic mass is 9.98. The zero-order valence-electron chi connectivity index (χ0n) is 20.8. The average molecular weight is 508 g/mol. The first-order chi connectivity index (χ1) is 16.9. The highest BCUT2D eigenvalue weighted by atomic mass is 16.4. The Morgan fingerprint density at radius 3 is 2.00 bits per heavy atom. The summed E-state index contributed by atoms with van der Waals surface area (Å²) in [6.07, 6.45) is -1.15. The number of hydrogen-bond donors (Lipinski definition) is 7. The molecule has 0 heterocycles. The molecule has 1 aromatic rings. The number of aliphatic hydroxyl groups is 1. The maximum Gasteiger partial charge on any atom is 0.326 e. The number of carbonyl (C=O) groups is 5. The molecule has 36 heavy (non-hydrogen) atoms. The van der Waals surface area contributed by atoms with Gasteiger partial charge in [-0.3, -0.25) is 19.2 Å². The zero-order valence-corrected chi connectivity index (χ0v) is 20.8. The molecule has 6 unspecified atom stereocenters. The van der Waals surface area contributed by atoms with Gasteiger partial charge in [0.25, 0.3) is 0 Å². The van der Waals surface area contributed by atoms with Crippen LogP contribution >= 0.6 is 0 Å². The SMILES string of the molecule is CCC(C)C(NC(=O)C(NC(=O)C(CCC(N)=O)NC(=O)C(N)Cc1ccccc1)C(C)O)C(=O)O. The lowest BCUT2D eigenvalue weighted by Gasteiger charge is -2.27. The molecule has 0 spiro atoms. The number of aliphatic carboxylic acids is 1. The molecule has 0 bridgehead atoms. The van der Waals surface area contributed by atoms with Crippen LogP contribution < -0.4 is 27.4 Å². The lowest BCUT2D eigenvalue weighted by molar-refractivity contribution is -0.144. The second kappa shape index (κ2) is 14.8. The Bertz CT molecular complexity index is 909. The predicted octanol–water partition coefficient (Wildman–Crippen LogP) is -1.21. The highest BCUT2D eigenvalue weighted by Gasteiger charge is 2.34. The molecule has 0 aliphatic carbocycles. The van der Waals surface area contributed by atoms with E-state index in [2.05, 4.69) is 16.0 Å². The molecule has 1 aromatic carbocycles. The van der Waals surface area contributed by atoms with Crippen LogP contribution in [0.4, 0.5) is 0 Å². The van der Waals surface area contributed by atoms with Crippen LogP contribution in [0.15, 0.2) is 30.3 Å². The monoisotopic (exact) mass is 507 g/mol. The summed E-state index contributed by atoms with van der Waals surface area (Å²) in [4.78, 5) is 61.2. The minimum absolute atomic E-state index is 0.177. The van der Waals surface area contributed by atoms with E-state index >= 15 is 0 Å². The molecule has 0 aromatic heterocycles. The summed E-state index contributed by atoms with van der Waals surface area (Å²) in [7, 11) is 0. The van der Waals surface area contributed by atoms with Crippen LogP contribution in [0.5, 0.6) is 0 Å². The highest BCUT2D eigenvalue weighted by Crippen LogP contribution is 2.09. The number of carbonyl (C=O) groups excluding carboxylic acids is 4. The van der Waals surface area contributed by atoms with Gasteiger partial charge in [-0.1, -0.05) is 50.6 Å². The van der Waals surface area contributed by atoms with Crippen LogP contribution in [0.3, 0.4) is 0 Å². The van der Waals surface area contributed by atoms with Crippen molar-refractivity contribution in [2.45, 2.75) is 76.7 Å². The summed E-state index contributed by atoms with van der Waals surface area (Å²) in [5.74, 6) is -4.82.